The lowest BCUT2D eigenvalue weighted by Crippen LogP contribution is -2.37. The Morgan fingerprint density at radius 3 is 2.33 bits per heavy atom. The molecule has 1 atom stereocenters. The van der Waals surface area contributed by atoms with Gasteiger partial charge in [0.05, 0.1) is 6.61 Å². The largest absolute Gasteiger partial charge is 0.494 e. The molecule has 3 heteroatoms. The summed E-state index contributed by atoms with van der Waals surface area (Å²) in [5.74, 6) is 1.68. The van der Waals surface area contributed by atoms with Crippen LogP contribution in [-0.4, -0.2) is 37.7 Å². The summed E-state index contributed by atoms with van der Waals surface area (Å²) in [4.78, 5) is 2.66. The second-order valence-electron chi connectivity index (χ2n) is 6.42. The summed E-state index contributed by atoms with van der Waals surface area (Å²) in [7, 11) is 2.06. The third-order valence-electron chi connectivity index (χ3n) is 4.02. The van der Waals surface area contributed by atoms with Gasteiger partial charge in [0.2, 0.25) is 0 Å². The Morgan fingerprint density at radius 2 is 1.86 bits per heavy atom. The van der Waals surface area contributed by atoms with E-state index in [9.17, 15) is 0 Å². The first-order valence-corrected chi connectivity index (χ1v) is 8.28. The van der Waals surface area contributed by atoms with Gasteiger partial charge in [-0.15, -0.1) is 0 Å². The van der Waals surface area contributed by atoms with Crippen molar-refractivity contribution in [3.8, 4) is 5.75 Å². The predicted octanol–water partition coefficient (Wildman–Crippen LogP) is 3.47. The fourth-order valence-corrected chi connectivity index (χ4v) is 2.84. The Hall–Kier alpha value is -1.06. The molecule has 3 nitrogen and oxygen atoms in total. The highest BCUT2D eigenvalue weighted by molar-refractivity contribution is 5.29. The number of ether oxygens (including phenoxy) is 1. The van der Waals surface area contributed by atoms with Gasteiger partial charge in [-0.1, -0.05) is 26.0 Å². The second-order valence-corrected chi connectivity index (χ2v) is 6.42. The minimum atomic E-state index is 0.389. The summed E-state index contributed by atoms with van der Waals surface area (Å²) in [6.07, 6.45) is 2.73. The lowest BCUT2D eigenvalue weighted by Gasteiger charge is -2.29. The van der Waals surface area contributed by atoms with Crippen molar-refractivity contribution in [1.82, 2.24) is 10.2 Å². The van der Waals surface area contributed by atoms with Crippen molar-refractivity contribution in [3.05, 3.63) is 29.8 Å². The SMILES string of the molecule is CCOc1ccc(C(CN(CC(C)C)C2CC2)NC)cc1. The van der Waals surface area contributed by atoms with E-state index in [1.165, 1.54) is 24.9 Å². The standard InChI is InChI=1S/C18H30N2O/c1-5-21-17-10-6-15(7-11-17)18(19-4)13-20(12-14(2)3)16-8-9-16/h6-7,10-11,14,16,18-19H,5,8-9,12-13H2,1-4H3. The molecule has 1 N–H and O–H groups in total. The number of rotatable bonds is 9. The van der Waals surface area contributed by atoms with Gasteiger partial charge < -0.3 is 10.1 Å². The van der Waals surface area contributed by atoms with Crippen molar-refractivity contribution in [2.24, 2.45) is 5.92 Å². The Balaban J connectivity index is 2.00. The van der Waals surface area contributed by atoms with E-state index in [1.54, 1.807) is 0 Å². The van der Waals surface area contributed by atoms with Gasteiger partial charge in [-0.3, -0.25) is 4.90 Å². The van der Waals surface area contributed by atoms with Gasteiger partial charge in [0.15, 0.2) is 0 Å². The quantitative estimate of drug-likeness (QED) is 0.753. The monoisotopic (exact) mass is 290 g/mol. The van der Waals surface area contributed by atoms with Crippen LogP contribution in [0.5, 0.6) is 5.75 Å². The van der Waals surface area contributed by atoms with Crippen LogP contribution in [0.1, 0.15) is 45.2 Å². The Labute approximate surface area is 129 Å². The fraction of sp³-hybridized carbons (Fsp3) is 0.667. The van der Waals surface area contributed by atoms with Crippen LogP contribution in [0.15, 0.2) is 24.3 Å². The van der Waals surface area contributed by atoms with E-state index in [1.807, 2.05) is 6.92 Å². The lowest BCUT2D eigenvalue weighted by molar-refractivity contribution is 0.212. The van der Waals surface area contributed by atoms with E-state index in [0.29, 0.717) is 6.04 Å². The molecule has 0 aromatic heterocycles. The summed E-state index contributed by atoms with van der Waals surface area (Å²) >= 11 is 0. The number of benzene rings is 1. The molecule has 1 fully saturated rings. The van der Waals surface area contributed by atoms with Crippen molar-refractivity contribution < 1.29 is 4.74 Å². The van der Waals surface area contributed by atoms with Crippen LogP contribution < -0.4 is 10.1 Å². The summed E-state index contributed by atoms with van der Waals surface area (Å²) < 4.78 is 5.53. The molecule has 0 bridgehead atoms. The van der Waals surface area contributed by atoms with Crippen LogP contribution >= 0.6 is 0 Å². The highest BCUT2D eigenvalue weighted by Crippen LogP contribution is 2.29. The fourth-order valence-electron chi connectivity index (χ4n) is 2.84. The van der Waals surface area contributed by atoms with Crippen molar-refractivity contribution in [1.29, 1.82) is 0 Å². The van der Waals surface area contributed by atoms with Gasteiger partial charge in [-0.25, -0.2) is 0 Å². The zero-order valence-electron chi connectivity index (χ0n) is 13.9. The summed E-state index contributed by atoms with van der Waals surface area (Å²) in [6.45, 7) is 9.64. The smallest absolute Gasteiger partial charge is 0.119 e. The van der Waals surface area contributed by atoms with Gasteiger partial charge in [0.25, 0.3) is 0 Å². The van der Waals surface area contributed by atoms with Gasteiger partial charge in [-0.05, 0) is 50.4 Å². The Kier molecular flexibility index (Phi) is 6.07. The van der Waals surface area contributed by atoms with Crippen LogP contribution in [0.3, 0.4) is 0 Å². The van der Waals surface area contributed by atoms with E-state index >= 15 is 0 Å². The number of nitrogens with one attached hydrogen (secondary N) is 1. The van der Waals surface area contributed by atoms with Crippen molar-refractivity contribution in [2.45, 2.75) is 45.7 Å². The van der Waals surface area contributed by atoms with Crippen LogP contribution in [0.4, 0.5) is 0 Å². The average molecular weight is 290 g/mol. The Bertz CT molecular complexity index is 412. The molecule has 0 aliphatic heterocycles. The topological polar surface area (TPSA) is 24.5 Å². The molecule has 1 saturated carbocycles. The first-order chi connectivity index (χ1) is 10.1. The van der Waals surface area contributed by atoms with Crippen LogP contribution in [-0.2, 0) is 0 Å². The molecule has 118 valence electrons. The summed E-state index contributed by atoms with van der Waals surface area (Å²) in [5, 5.41) is 3.47. The third-order valence-corrected chi connectivity index (χ3v) is 4.02. The van der Waals surface area contributed by atoms with Gasteiger partial charge in [0.1, 0.15) is 5.75 Å². The maximum atomic E-state index is 5.53. The van der Waals surface area contributed by atoms with Crippen LogP contribution in [0.25, 0.3) is 0 Å². The van der Waals surface area contributed by atoms with Crippen LogP contribution in [0.2, 0.25) is 0 Å². The van der Waals surface area contributed by atoms with E-state index in [2.05, 4.69) is 55.4 Å². The maximum absolute atomic E-state index is 5.53. The molecule has 2 rings (SSSR count). The number of hydrogen-bond donors (Lipinski definition) is 1. The number of nitrogens with zero attached hydrogens (tertiary/aromatic N) is 1. The molecule has 0 saturated heterocycles. The van der Waals surface area contributed by atoms with E-state index in [0.717, 1.165) is 30.9 Å². The predicted molar refractivity (Wildman–Crippen MR) is 88.8 cm³/mol. The molecule has 0 heterocycles. The molecule has 0 amide bonds. The van der Waals surface area contributed by atoms with E-state index in [4.69, 9.17) is 4.74 Å². The molecular weight excluding hydrogens is 260 g/mol. The number of hydrogen-bond acceptors (Lipinski definition) is 3. The van der Waals surface area contributed by atoms with Crippen molar-refractivity contribution in [3.63, 3.8) is 0 Å². The van der Waals surface area contributed by atoms with Gasteiger partial charge in [0, 0.05) is 25.2 Å². The van der Waals surface area contributed by atoms with Gasteiger partial charge in [-0.2, -0.15) is 0 Å². The van der Waals surface area contributed by atoms with Crippen molar-refractivity contribution in [2.75, 3.05) is 26.7 Å². The first kappa shape index (κ1) is 16.3. The lowest BCUT2D eigenvalue weighted by atomic mass is 10.1. The molecule has 1 aliphatic rings. The molecule has 1 aromatic rings. The Morgan fingerprint density at radius 1 is 1.19 bits per heavy atom. The van der Waals surface area contributed by atoms with Gasteiger partial charge >= 0.3 is 0 Å². The second kappa shape index (κ2) is 7.81. The van der Waals surface area contributed by atoms with E-state index < -0.39 is 0 Å². The molecule has 0 spiro atoms. The molecule has 1 aromatic carbocycles. The molecule has 21 heavy (non-hydrogen) atoms. The molecule has 1 aliphatic carbocycles. The zero-order chi connectivity index (χ0) is 15.2. The summed E-state index contributed by atoms with van der Waals surface area (Å²) in [6, 6.07) is 9.73. The zero-order valence-corrected chi connectivity index (χ0v) is 13.9. The van der Waals surface area contributed by atoms with E-state index in [-0.39, 0.29) is 0 Å². The summed E-state index contributed by atoms with van der Waals surface area (Å²) in [5.41, 5.74) is 1.34. The average Bonchev–Trinajstić information content (AvgIpc) is 3.29. The highest BCUT2D eigenvalue weighted by atomic mass is 16.5. The minimum absolute atomic E-state index is 0.389. The minimum Gasteiger partial charge on any atom is -0.494 e. The van der Waals surface area contributed by atoms with Crippen LogP contribution in [0, 0.1) is 5.92 Å². The number of likely N-dealkylation sites (N-methyl/N-ethyl adjacent to an activating group) is 1. The maximum Gasteiger partial charge on any atom is 0.119 e. The molecular formula is C18H30N2O. The first-order valence-electron chi connectivity index (χ1n) is 8.28. The highest BCUT2D eigenvalue weighted by Gasteiger charge is 2.30. The third kappa shape index (κ3) is 5.01. The van der Waals surface area contributed by atoms with Crippen molar-refractivity contribution >= 4 is 0 Å². The molecule has 1 unspecified atom stereocenters. The molecule has 0 radical (unpaired) electrons. The normalized spacial score (nSPS) is 16.5.